The lowest BCUT2D eigenvalue weighted by Crippen LogP contribution is -2.64. The van der Waals surface area contributed by atoms with Gasteiger partial charge in [0.25, 0.3) is 0 Å². The van der Waals surface area contributed by atoms with Crippen LogP contribution in [0.1, 0.15) is 31.2 Å². The molecule has 20 heavy (non-hydrogen) atoms. The number of nitrogens with one attached hydrogen (secondary N) is 1. The van der Waals surface area contributed by atoms with Crippen LogP contribution in [0.25, 0.3) is 0 Å². The van der Waals surface area contributed by atoms with Gasteiger partial charge in [0.1, 0.15) is 12.1 Å². The molecule has 0 radical (unpaired) electrons. The van der Waals surface area contributed by atoms with Crippen LogP contribution >= 0.6 is 11.3 Å². The number of thiophene rings is 1. The molecule has 5 heteroatoms. The first-order valence-corrected chi connectivity index (χ1v) is 8.30. The van der Waals surface area contributed by atoms with E-state index in [9.17, 15) is 9.59 Å². The monoisotopic (exact) mass is 290 g/mol. The van der Waals surface area contributed by atoms with Gasteiger partial charge >= 0.3 is 0 Å². The Labute approximate surface area is 122 Å². The smallest absolute Gasteiger partial charge is 0.246 e. The third-order valence-corrected chi connectivity index (χ3v) is 5.28. The molecule has 0 aromatic carbocycles. The van der Waals surface area contributed by atoms with Gasteiger partial charge in [-0.1, -0.05) is 0 Å². The summed E-state index contributed by atoms with van der Waals surface area (Å²) in [6, 6.07) is 1.54. The number of amides is 2. The molecule has 2 heterocycles. The highest BCUT2D eigenvalue weighted by molar-refractivity contribution is 7.07. The zero-order chi connectivity index (χ0) is 13.7. The molecule has 1 aromatic rings. The Morgan fingerprint density at radius 2 is 1.95 bits per heavy atom. The molecule has 1 aromatic heterocycles. The van der Waals surface area contributed by atoms with E-state index in [1.54, 1.807) is 11.3 Å². The second-order valence-corrected chi connectivity index (χ2v) is 6.98. The third-order valence-electron chi connectivity index (χ3n) is 4.55. The predicted molar refractivity (Wildman–Crippen MR) is 76.0 cm³/mol. The van der Waals surface area contributed by atoms with Crippen LogP contribution in [-0.4, -0.2) is 28.8 Å². The van der Waals surface area contributed by atoms with Crippen molar-refractivity contribution in [2.24, 2.45) is 11.8 Å². The fraction of sp³-hybridized carbons (Fsp3) is 0.600. The minimum Gasteiger partial charge on any atom is -0.342 e. The van der Waals surface area contributed by atoms with E-state index in [1.165, 1.54) is 0 Å². The van der Waals surface area contributed by atoms with Crippen LogP contribution in [0, 0.1) is 11.8 Å². The van der Waals surface area contributed by atoms with E-state index in [0.29, 0.717) is 18.4 Å². The average molecular weight is 290 g/mol. The van der Waals surface area contributed by atoms with E-state index in [2.05, 4.69) is 10.7 Å². The molecule has 2 unspecified atom stereocenters. The number of hydrogen-bond donors (Lipinski definition) is 1. The van der Waals surface area contributed by atoms with Crippen LogP contribution in [0.5, 0.6) is 0 Å². The first-order valence-electron chi connectivity index (χ1n) is 7.36. The molecule has 3 aliphatic rings. The molecule has 2 saturated carbocycles. The molecule has 1 N–H and O–H groups in total. The lowest BCUT2D eigenvalue weighted by atomic mass is 10.00. The lowest BCUT2D eigenvalue weighted by molar-refractivity contribution is -0.151. The average Bonchev–Trinajstić information content (AvgIpc) is 3.34. The highest BCUT2D eigenvalue weighted by Crippen LogP contribution is 2.41. The van der Waals surface area contributed by atoms with Crippen LogP contribution < -0.4 is 5.32 Å². The highest BCUT2D eigenvalue weighted by Gasteiger charge is 2.51. The molecule has 4 nitrogen and oxygen atoms in total. The number of hydrogen-bond acceptors (Lipinski definition) is 3. The fourth-order valence-electron chi connectivity index (χ4n) is 3.14. The van der Waals surface area contributed by atoms with Gasteiger partial charge in [-0.05, 0) is 59.9 Å². The van der Waals surface area contributed by atoms with Gasteiger partial charge < -0.3 is 10.2 Å². The van der Waals surface area contributed by atoms with Crippen LogP contribution in [0.2, 0.25) is 0 Å². The number of piperazine rings is 1. The molecule has 1 saturated heterocycles. The zero-order valence-electron chi connectivity index (χ0n) is 11.2. The van der Waals surface area contributed by atoms with Gasteiger partial charge in [0, 0.05) is 6.54 Å². The maximum absolute atomic E-state index is 12.7. The minimum absolute atomic E-state index is 0.0687. The van der Waals surface area contributed by atoms with Crippen molar-refractivity contribution in [3.8, 4) is 0 Å². The van der Waals surface area contributed by atoms with Crippen molar-refractivity contribution in [2.45, 2.75) is 44.3 Å². The Balaban J connectivity index is 1.61. The SMILES string of the molecule is O=C1NC(C2CC2)C(=O)N(Cc2ccsc2)C1C1CC1. The van der Waals surface area contributed by atoms with Gasteiger partial charge in [0.2, 0.25) is 11.8 Å². The largest absolute Gasteiger partial charge is 0.342 e. The first-order chi connectivity index (χ1) is 9.74. The van der Waals surface area contributed by atoms with Crippen molar-refractivity contribution >= 4 is 23.2 Å². The first kappa shape index (κ1) is 12.4. The topological polar surface area (TPSA) is 49.4 Å². The summed E-state index contributed by atoms with van der Waals surface area (Å²) in [6.45, 7) is 0.583. The van der Waals surface area contributed by atoms with E-state index in [0.717, 1.165) is 31.2 Å². The molecular formula is C15H18N2O2S. The summed E-state index contributed by atoms with van der Waals surface area (Å²) in [5.74, 6) is 0.948. The van der Waals surface area contributed by atoms with E-state index >= 15 is 0 Å². The summed E-state index contributed by atoms with van der Waals surface area (Å²) in [6.07, 6.45) is 4.27. The molecule has 4 rings (SSSR count). The number of rotatable bonds is 4. The Hall–Kier alpha value is -1.36. The van der Waals surface area contributed by atoms with Crippen molar-refractivity contribution in [1.82, 2.24) is 10.2 Å². The van der Waals surface area contributed by atoms with Gasteiger partial charge in [-0.2, -0.15) is 11.3 Å². The molecule has 2 aliphatic carbocycles. The minimum atomic E-state index is -0.267. The van der Waals surface area contributed by atoms with Crippen molar-refractivity contribution in [1.29, 1.82) is 0 Å². The maximum Gasteiger partial charge on any atom is 0.246 e. The van der Waals surface area contributed by atoms with Crippen LogP contribution in [0.15, 0.2) is 16.8 Å². The van der Waals surface area contributed by atoms with Crippen LogP contribution in [-0.2, 0) is 16.1 Å². The summed E-state index contributed by atoms with van der Waals surface area (Å²) in [5.41, 5.74) is 1.14. The van der Waals surface area contributed by atoms with Gasteiger partial charge in [0.15, 0.2) is 0 Å². The Morgan fingerprint density at radius 3 is 2.55 bits per heavy atom. The van der Waals surface area contributed by atoms with Crippen molar-refractivity contribution in [3.63, 3.8) is 0 Å². The lowest BCUT2D eigenvalue weighted by Gasteiger charge is -2.39. The normalized spacial score (nSPS) is 30.5. The summed E-state index contributed by atoms with van der Waals surface area (Å²) >= 11 is 1.64. The summed E-state index contributed by atoms with van der Waals surface area (Å²) in [4.78, 5) is 27.0. The van der Waals surface area contributed by atoms with Crippen molar-refractivity contribution < 1.29 is 9.59 Å². The number of carbonyl (C=O) groups excluding carboxylic acids is 2. The molecular weight excluding hydrogens is 272 g/mol. The quantitative estimate of drug-likeness (QED) is 0.918. The standard InChI is InChI=1S/C15H18N2O2S/c18-14-13(11-3-4-11)17(7-9-5-6-20-8-9)15(19)12(16-14)10-1-2-10/h5-6,8,10-13H,1-4,7H2,(H,16,18). The van der Waals surface area contributed by atoms with E-state index < -0.39 is 0 Å². The summed E-state index contributed by atoms with van der Waals surface area (Å²) in [5, 5.41) is 7.07. The molecule has 2 amide bonds. The van der Waals surface area contributed by atoms with Gasteiger partial charge in [-0.3, -0.25) is 9.59 Å². The van der Waals surface area contributed by atoms with Crippen LogP contribution in [0.4, 0.5) is 0 Å². The van der Waals surface area contributed by atoms with Gasteiger partial charge in [0.05, 0.1) is 0 Å². The molecule has 2 atom stereocenters. The van der Waals surface area contributed by atoms with E-state index in [4.69, 9.17) is 0 Å². The highest BCUT2D eigenvalue weighted by atomic mass is 32.1. The molecule has 1 aliphatic heterocycles. The third kappa shape index (κ3) is 2.14. The zero-order valence-corrected chi connectivity index (χ0v) is 12.1. The second-order valence-electron chi connectivity index (χ2n) is 6.20. The summed E-state index contributed by atoms with van der Waals surface area (Å²) in [7, 11) is 0. The molecule has 0 bridgehead atoms. The maximum atomic E-state index is 12.7. The molecule has 0 spiro atoms. The van der Waals surface area contributed by atoms with Gasteiger partial charge in [-0.25, -0.2) is 0 Å². The number of carbonyl (C=O) groups is 2. The van der Waals surface area contributed by atoms with Crippen molar-refractivity contribution in [2.75, 3.05) is 0 Å². The second kappa shape index (κ2) is 4.58. The Kier molecular flexibility index (Phi) is 2.84. The van der Waals surface area contributed by atoms with E-state index in [1.807, 2.05) is 16.3 Å². The predicted octanol–water partition coefficient (Wildman–Crippen LogP) is 1.76. The Bertz CT molecular complexity index is 534. The summed E-state index contributed by atoms with van der Waals surface area (Å²) < 4.78 is 0. The molecule has 3 fully saturated rings. The van der Waals surface area contributed by atoms with E-state index in [-0.39, 0.29) is 23.9 Å². The Morgan fingerprint density at radius 1 is 1.20 bits per heavy atom. The van der Waals surface area contributed by atoms with Gasteiger partial charge in [-0.15, -0.1) is 0 Å². The molecule has 106 valence electrons. The fourth-order valence-corrected chi connectivity index (χ4v) is 3.80. The number of nitrogens with zero attached hydrogens (tertiary/aromatic N) is 1. The van der Waals surface area contributed by atoms with Crippen LogP contribution in [0.3, 0.4) is 0 Å². The van der Waals surface area contributed by atoms with Crippen molar-refractivity contribution in [3.05, 3.63) is 22.4 Å².